The Labute approximate surface area is 103 Å². The van der Waals surface area contributed by atoms with Crippen LogP contribution in [0, 0.1) is 11.8 Å². The quantitative estimate of drug-likeness (QED) is 0.419. The molecule has 0 N–H and O–H groups in total. The maximum absolute atomic E-state index is 10.9. The van der Waals surface area contributed by atoms with Gasteiger partial charge >= 0.3 is 5.97 Å². The maximum atomic E-state index is 10.9. The fraction of sp³-hybridized carbons (Fsp3) is 0.786. The molecule has 0 heterocycles. The Balaban J connectivity index is 1.60. The molecule has 2 rings (SSSR count). The zero-order chi connectivity index (χ0) is 12.1. The molecule has 3 nitrogen and oxygen atoms in total. The molecule has 0 aromatic rings. The monoisotopic (exact) mass is 238 g/mol. The van der Waals surface area contributed by atoms with E-state index >= 15 is 0 Å². The average Bonchev–Trinajstić information content (AvgIpc) is 2.76. The van der Waals surface area contributed by atoms with Crippen LogP contribution in [0.5, 0.6) is 0 Å². The summed E-state index contributed by atoms with van der Waals surface area (Å²) in [6.07, 6.45) is 11.1. The van der Waals surface area contributed by atoms with Gasteiger partial charge in [0.2, 0.25) is 0 Å². The van der Waals surface area contributed by atoms with Crippen molar-refractivity contribution < 1.29 is 14.3 Å². The summed E-state index contributed by atoms with van der Waals surface area (Å²) in [5.74, 6) is 1.54. The second kappa shape index (κ2) is 6.20. The Morgan fingerprint density at radius 2 is 1.88 bits per heavy atom. The summed E-state index contributed by atoms with van der Waals surface area (Å²) in [4.78, 5) is 10.9. The summed E-state index contributed by atoms with van der Waals surface area (Å²) in [6, 6.07) is 0. The highest BCUT2D eigenvalue weighted by Crippen LogP contribution is 2.40. The van der Waals surface area contributed by atoms with Gasteiger partial charge in [-0.2, -0.15) is 0 Å². The summed E-state index contributed by atoms with van der Waals surface area (Å²) in [5.41, 5.74) is 0. The van der Waals surface area contributed by atoms with Crippen LogP contribution < -0.4 is 0 Å². The fourth-order valence-corrected chi connectivity index (χ4v) is 2.98. The number of carbonyl (C=O) groups excluding carboxylic acids is 1. The molecule has 96 valence electrons. The third-order valence-electron chi connectivity index (χ3n) is 3.95. The van der Waals surface area contributed by atoms with E-state index in [1.165, 1.54) is 32.8 Å². The Kier molecular flexibility index (Phi) is 4.60. The van der Waals surface area contributed by atoms with E-state index in [2.05, 4.69) is 16.9 Å². The number of esters is 1. The minimum atomic E-state index is -0.141. The molecule has 0 amide bonds. The summed E-state index contributed by atoms with van der Waals surface area (Å²) < 4.78 is 10.5. The van der Waals surface area contributed by atoms with Crippen LogP contribution in [0.1, 0.15) is 38.5 Å². The third-order valence-corrected chi connectivity index (χ3v) is 3.95. The maximum Gasteiger partial charge on any atom is 0.305 e. The van der Waals surface area contributed by atoms with E-state index in [4.69, 9.17) is 4.74 Å². The van der Waals surface area contributed by atoms with Gasteiger partial charge in [0.1, 0.15) is 0 Å². The Morgan fingerprint density at radius 3 is 2.47 bits per heavy atom. The minimum Gasteiger partial charge on any atom is -0.469 e. The van der Waals surface area contributed by atoms with Crippen LogP contribution in [0.2, 0.25) is 0 Å². The molecule has 0 unspecified atom stereocenters. The third kappa shape index (κ3) is 3.56. The predicted molar refractivity (Wildman–Crippen MR) is 65.6 cm³/mol. The van der Waals surface area contributed by atoms with Crippen molar-refractivity contribution in [2.45, 2.75) is 44.6 Å². The summed E-state index contributed by atoms with van der Waals surface area (Å²) in [6.45, 7) is 0.687. The van der Waals surface area contributed by atoms with Crippen molar-refractivity contribution in [1.82, 2.24) is 0 Å². The fourth-order valence-electron chi connectivity index (χ4n) is 2.98. The highest BCUT2D eigenvalue weighted by Gasteiger charge is 2.34. The second-order valence-electron chi connectivity index (χ2n) is 5.11. The summed E-state index contributed by atoms with van der Waals surface area (Å²) in [7, 11) is 1.43. The first kappa shape index (κ1) is 12.6. The lowest BCUT2D eigenvalue weighted by Crippen LogP contribution is -2.11. The van der Waals surface area contributed by atoms with Crippen molar-refractivity contribution in [2.24, 2.45) is 11.8 Å². The van der Waals surface area contributed by atoms with Crippen molar-refractivity contribution in [3.05, 3.63) is 12.2 Å². The van der Waals surface area contributed by atoms with E-state index in [9.17, 15) is 4.79 Å². The predicted octanol–water partition coefficient (Wildman–Crippen LogP) is 2.70. The first-order valence-corrected chi connectivity index (χ1v) is 6.63. The van der Waals surface area contributed by atoms with Crippen LogP contribution in [-0.2, 0) is 14.3 Å². The second-order valence-corrected chi connectivity index (χ2v) is 5.11. The number of hydrogen-bond donors (Lipinski definition) is 0. The standard InChI is InChI=1S/C14H22O3/c1-16-14(15)7-4-8-17-13-9-11-5-2-3-6-12(11)10-13/h2-3,11-13H,4-10H2,1H3/t11-,12+,13-. The summed E-state index contributed by atoms with van der Waals surface area (Å²) >= 11 is 0. The van der Waals surface area contributed by atoms with E-state index in [-0.39, 0.29) is 5.97 Å². The average molecular weight is 238 g/mol. The van der Waals surface area contributed by atoms with Crippen molar-refractivity contribution >= 4 is 5.97 Å². The molecule has 0 aromatic carbocycles. The minimum absolute atomic E-state index is 0.141. The van der Waals surface area contributed by atoms with E-state index in [1.54, 1.807) is 0 Å². The molecule has 0 aromatic heterocycles. The molecular formula is C14H22O3. The molecule has 2 aliphatic rings. The largest absolute Gasteiger partial charge is 0.469 e. The number of fused-ring (bicyclic) bond motifs is 1. The van der Waals surface area contributed by atoms with Crippen LogP contribution in [-0.4, -0.2) is 25.8 Å². The van der Waals surface area contributed by atoms with Gasteiger partial charge < -0.3 is 9.47 Å². The van der Waals surface area contributed by atoms with Gasteiger partial charge in [-0.1, -0.05) is 12.2 Å². The molecule has 3 heteroatoms. The van der Waals surface area contributed by atoms with Gasteiger partial charge in [-0.05, 0) is 43.9 Å². The number of allylic oxidation sites excluding steroid dienone is 2. The molecule has 0 radical (unpaired) electrons. The van der Waals surface area contributed by atoms with Crippen molar-refractivity contribution in [3.8, 4) is 0 Å². The van der Waals surface area contributed by atoms with Crippen LogP contribution in [0.4, 0.5) is 0 Å². The van der Waals surface area contributed by atoms with Gasteiger partial charge in [-0.3, -0.25) is 4.79 Å². The number of methoxy groups -OCH3 is 1. The molecule has 0 aliphatic heterocycles. The number of hydrogen-bond acceptors (Lipinski definition) is 3. The van der Waals surface area contributed by atoms with Crippen LogP contribution in [0.25, 0.3) is 0 Å². The van der Waals surface area contributed by atoms with Gasteiger partial charge in [0.15, 0.2) is 0 Å². The first-order chi connectivity index (χ1) is 8.29. The lowest BCUT2D eigenvalue weighted by Gasteiger charge is -2.19. The van der Waals surface area contributed by atoms with Gasteiger partial charge in [-0.15, -0.1) is 0 Å². The first-order valence-electron chi connectivity index (χ1n) is 6.63. The Bertz CT molecular complexity index is 269. The van der Waals surface area contributed by atoms with Crippen LogP contribution in [0.3, 0.4) is 0 Å². The van der Waals surface area contributed by atoms with E-state index in [1.807, 2.05) is 0 Å². The molecule has 3 atom stereocenters. The smallest absolute Gasteiger partial charge is 0.305 e. The molecule has 0 saturated heterocycles. The molecule has 2 aliphatic carbocycles. The van der Waals surface area contributed by atoms with Gasteiger partial charge in [0.05, 0.1) is 13.2 Å². The van der Waals surface area contributed by atoms with E-state index in [0.29, 0.717) is 19.1 Å². The molecule has 0 bridgehead atoms. The van der Waals surface area contributed by atoms with Crippen molar-refractivity contribution in [2.75, 3.05) is 13.7 Å². The summed E-state index contributed by atoms with van der Waals surface area (Å²) in [5, 5.41) is 0. The van der Waals surface area contributed by atoms with Gasteiger partial charge in [0, 0.05) is 13.0 Å². The van der Waals surface area contributed by atoms with Crippen molar-refractivity contribution in [3.63, 3.8) is 0 Å². The van der Waals surface area contributed by atoms with Gasteiger partial charge in [-0.25, -0.2) is 0 Å². The number of rotatable bonds is 5. The molecule has 1 saturated carbocycles. The van der Waals surface area contributed by atoms with Crippen molar-refractivity contribution in [1.29, 1.82) is 0 Å². The molecule has 17 heavy (non-hydrogen) atoms. The van der Waals surface area contributed by atoms with Crippen LogP contribution >= 0.6 is 0 Å². The highest BCUT2D eigenvalue weighted by molar-refractivity contribution is 5.68. The lowest BCUT2D eigenvalue weighted by atomic mass is 9.86. The lowest BCUT2D eigenvalue weighted by molar-refractivity contribution is -0.141. The zero-order valence-corrected chi connectivity index (χ0v) is 10.6. The van der Waals surface area contributed by atoms with E-state index < -0.39 is 0 Å². The van der Waals surface area contributed by atoms with E-state index in [0.717, 1.165) is 18.3 Å². The molecule has 0 spiro atoms. The SMILES string of the molecule is COC(=O)CCCO[C@@H]1C[C@H]2CC=CC[C@H]2C1. The van der Waals surface area contributed by atoms with Gasteiger partial charge in [0.25, 0.3) is 0 Å². The molecular weight excluding hydrogens is 216 g/mol. The van der Waals surface area contributed by atoms with Crippen LogP contribution in [0.15, 0.2) is 12.2 Å². The topological polar surface area (TPSA) is 35.5 Å². The Hall–Kier alpha value is -0.830. The zero-order valence-electron chi connectivity index (χ0n) is 10.6. The number of ether oxygens (including phenoxy) is 2. The highest BCUT2D eigenvalue weighted by atomic mass is 16.5. The normalized spacial score (nSPS) is 31.2. The number of carbonyl (C=O) groups is 1. The Morgan fingerprint density at radius 1 is 1.24 bits per heavy atom. The molecule has 1 fully saturated rings.